The Morgan fingerprint density at radius 3 is 2.23 bits per heavy atom. The molecule has 0 aliphatic carbocycles. The summed E-state index contributed by atoms with van der Waals surface area (Å²) in [6, 6.07) is 23.6. The molecule has 0 saturated carbocycles. The number of carbonyl (C=O) groups excluding carboxylic acids is 1. The molecule has 4 heteroatoms. The van der Waals surface area contributed by atoms with Gasteiger partial charge in [-0.05, 0) is 47.0 Å². The van der Waals surface area contributed by atoms with E-state index >= 15 is 0 Å². The van der Waals surface area contributed by atoms with Crippen molar-refractivity contribution < 1.29 is 13.9 Å². The van der Waals surface area contributed by atoms with Crippen LogP contribution in [0.5, 0.6) is 0 Å². The highest BCUT2D eigenvalue weighted by atomic mass is 19.1. The molecule has 26 heavy (non-hydrogen) atoms. The number of halogens is 1. The van der Waals surface area contributed by atoms with E-state index in [0.717, 1.165) is 11.1 Å². The summed E-state index contributed by atoms with van der Waals surface area (Å²) >= 11 is 0. The number of carbonyl (C=O) groups is 1. The third-order valence-corrected chi connectivity index (χ3v) is 4.01. The highest BCUT2D eigenvalue weighted by Crippen LogP contribution is 2.23. The normalized spacial score (nSPS) is 15.0. The smallest absolute Gasteiger partial charge is 0.363 e. The van der Waals surface area contributed by atoms with Crippen LogP contribution in [0.1, 0.15) is 11.1 Å². The highest BCUT2D eigenvalue weighted by Gasteiger charge is 2.24. The molecule has 0 spiro atoms. The first kappa shape index (κ1) is 16.0. The fourth-order valence-corrected chi connectivity index (χ4v) is 2.72. The van der Waals surface area contributed by atoms with E-state index in [2.05, 4.69) is 4.99 Å². The van der Waals surface area contributed by atoms with Gasteiger partial charge in [-0.2, -0.15) is 0 Å². The second kappa shape index (κ2) is 6.76. The average molecular weight is 343 g/mol. The molecule has 0 radical (unpaired) electrons. The Bertz CT molecular complexity index is 1020. The van der Waals surface area contributed by atoms with Crippen molar-refractivity contribution in [3.63, 3.8) is 0 Å². The van der Waals surface area contributed by atoms with Crippen LogP contribution >= 0.6 is 0 Å². The number of ether oxygens (including phenoxy) is 1. The molecule has 1 aliphatic heterocycles. The minimum atomic E-state index is -0.545. The molecule has 0 N–H and O–H groups in total. The Morgan fingerprint density at radius 1 is 0.808 bits per heavy atom. The van der Waals surface area contributed by atoms with Gasteiger partial charge < -0.3 is 4.74 Å². The molecule has 0 aromatic heterocycles. The van der Waals surface area contributed by atoms with Crippen LogP contribution in [0.4, 0.5) is 4.39 Å². The van der Waals surface area contributed by atoms with E-state index in [4.69, 9.17) is 4.74 Å². The lowest BCUT2D eigenvalue weighted by Gasteiger charge is -2.03. The summed E-state index contributed by atoms with van der Waals surface area (Å²) in [6.07, 6.45) is 1.51. The van der Waals surface area contributed by atoms with Crippen LogP contribution in [0.15, 0.2) is 89.6 Å². The summed E-state index contributed by atoms with van der Waals surface area (Å²) in [5, 5.41) is 0. The summed E-state index contributed by atoms with van der Waals surface area (Å²) in [5.41, 5.74) is 3.59. The van der Waals surface area contributed by atoms with Crippen molar-refractivity contribution in [2.24, 2.45) is 4.99 Å². The maximum atomic E-state index is 13.3. The van der Waals surface area contributed by atoms with E-state index in [1.54, 1.807) is 12.1 Å². The molecular formula is C22H14FNO2. The second-order valence-electron chi connectivity index (χ2n) is 5.83. The number of esters is 1. The molecule has 3 aromatic carbocycles. The maximum absolute atomic E-state index is 13.3. The van der Waals surface area contributed by atoms with Crippen LogP contribution in [0, 0.1) is 5.82 Å². The van der Waals surface area contributed by atoms with Gasteiger partial charge in [0.25, 0.3) is 0 Å². The first-order valence-corrected chi connectivity index (χ1v) is 8.13. The lowest BCUT2D eigenvalue weighted by atomic mass is 10.0. The summed E-state index contributed by atoms with van der Waals surface area (Å²) in [4.78, 5) is 16.3. The van der Waals surface area contributed by atoms with Gasteiger partial charge in [0.2, 0.25) is 5.90 Å². The van der Waals surface area contributed by atoms with Crippen LogP contribution in [0.25, 0.3) is 17.2 Å². The van der Waals surface area contributed by atoms with Crippen molar-refractivity contribution in [3.8, 4) is 11.1 Å². The first-order chi connectivity index (χ1) is 12.7. The fourth-order valence-electron chi connectivity index (χ4n) is 2.72. The minimum absolute atomic E-state index is 0.151. The van der Waals surface area contributed by atoms with Gasteiger partial charge in [-0.25, -0.2) is 14.2 Å². The van der Waals surface area contributed by atoms with E-state index in [9.17, 15) is 9.18 Å². The van der Waals surface area contributed by atoms with Gasteiger partial charge in [0.05, 0.1) is 0 Å². The third-order valence-electron chi connectivity index (χ3n) is 4.01. The molecule has 0 fully saturated rings. The van der Waals surface area contributed by atoms with Crippen molar-refractivity contribution in [1.29, 1.82) is 0 Å². The second-order valence-corrected chi connectivity index (χ2v) is 5.83. The molecule has 1 heterocycles. The van der Waals surface area contributed by atoms with Crippen molar-refractivity contribution in [3.05, 3.63) is 102 Å². The maximum Gasteiger partial charge on any atom is 0.363 e. The van der Waals surface area contributed by atoms with Crippen LogP contribution in [-0.4, -0.2) is 11.9 Å². The molecular weight excluding hydrogens is 329 g/mol. The van der Waals surface area contributed by atoms with Gasteiger partial charge in [0, 0.05) is 5.56 Å². The van der Waals surface area contributed by atoms with Gasteiger partial charge in [0.1, 0.15) is 5.82 Å². The molecule has 3 aromatic rings. The molecule has 3 nitrogen and oxygen atoms in total. The van der Waals surface area contributed by atoms with Crippen molar-refractivity contribution >= 4 is 17.9 Å². The van der Waals surface area contributed by atoms with E-state index in [-0.39, 0.29) is 17.4 Å². The van der Waals surface area contributed by atoms with Gasteiger partial charge in [0.15, 0.2) is 5.70 Å². The van der Waals surface area contributed by atoms with Crippen LogP contribution in [0.3, 0.4) is 0 Å². The number of cyclic esters (lactones) is 1. The van der Waals surface area contributed by atoms with Gasteiger partial charge >= 0.3 is 5.97 Å². The van der Waals surface area contributed by atoms with E-state index in [1.807, 2.05) is 54.6 Å². The van der Waals surface area contributed by atoms with Crippen molar-refractivity contribution in [2.75, 3.05) is 0 Å². The van der Waals surface area contributed by atoms with Gasteiger partial charge in [-0.15, -0.1) is 0 Å². The van der Waals surface area contributed by atoms with Crippen LogP contribution < -0.4 is 0 Å². The fraction of sp³-hybridized carbons (Fsp3) is 0. The summed E-state index contributed by atoms with van der Waals surface area (Å²) in [7, 11) is 0. The Labute approximate surface area is 150 Å². The molecule has 0 atom stereocenters. The number of benzene rings is 3. The number of nitrogens with zero attached hydrogens (tertiary/aromatic N) is 1. The summed E-state index contributed by atoms with van der Waals surface area (Å²) in [6.45, 7) is 0. The lowest BCUT2D eigenvalue weighted by Crippen LogP contribution is -2.05. The zero-order valence-corrected chi connectivity index (χ0v) is 13.7. The van der Waals surface area contributed by atoms with Gasteiger partial charge in [-0.3, -0.25) is 0 Å². The number of hydrogen-bond acceptors (Lipinski definition) is 3. The Morgan fingerprint density at radius 2 is 1.50 bits per heavy atom. The average Bonchev–Trinajstić information content (AvgIpc) is 3.03. The monoisotopic (exact) mass is 343 g/mol. The Hall–Kier alpha value is -3.53. The van der Waals surface area contributed by atoms with Gasteiger partial charge in [-0.1, -0.05) is 54.6 Å². The zero-order chi connectivity index (χ0) is 17.9. The van der Waals surface area contributed by atoms with Crippen molar-refractivity contribution in [2.45, 2.75) is 0 Å². The minimum Gasteiger partial charge on any atom is -0.402 e. The van der Waals surface area contributed by atoms with Crippen LogP contribution in [-0.2, 0) is 9.53 Å². The predicted molar refractivity (Wildman–Crippen MR) is 98.9 cm³/mol. The third kappa shape index (κ3) is 3.30. The summed E-state index contributed by atoms with van der Waals surface area (Å²) in [5.74, 6) is -0.667. The van der Waals surface area contributed by atoms with E-state index < -0.39 is 5.97 Å². The predicted octanol–water partition coefficient (Wildman–Crippen LogP) is 4.84. The number of rotatable bonds is 3. The SMILES string of the molecule is O=C1OC(c2ccc(-c3ccccc3)cc2)=N/C1=C\c1cccc(F)c1. The standard InChI is InChI=1S/C22H14FNO2/c23-19-8-4-5-15(13-19)14-20-22(25)26-21(24-20)18-11-9-17(10-12-18)16-6-2-1-3-7-16/h1-14H/b20-14-. The largest absolute Gasteiger partial charge is 0.402 e. The van der Waals surface area contributed by atoms with Crippen molar-refractivity contribution in [1.82, 2.24) is 0 Å². The Balaban J connectivity index is 1.61. The summed E-state index contributed by atoms with van der Waals surface area (Å²) < 4.78 is 18.5. The number of hydrogen-bond donors (Lipinski definition) is 0. The molecule has 0 amide bonds. The quantitative estimate of drug-likeness (QED) is 0.504. The van der Waals surface area contributed by atoms with E-state index in [0.29, 0.717) is 11.1 Å². The molecule has 0 unspecified atom stereocenters. The number of aliphatic imine (C=N–C) groups is 1. The van der Waals surface area contributed by atoms with Crippen LogP contribution in [0.2, 0.25) is 0 Å². The molecule has 1 aliphatic rings. The molecule has 4 rings (SSSR count). The highest BCUT2D eigenvalue weighted by molar-refractivity contribution is 6.12. The topological polar surface area (TPSA) is 38.7 Å². The Kier molecular flexibility index (Phi) is 4.15. The lowest BCUT2D eigenvalue weighted by molar-refractivity contribution is -0.129. The van der Waals surface area contributed by atoms with E-state index in [1.165, 1.54) is 18.2 Å². The molecule has 0 saturated heterocycles. The first-order valence-electron chi connectivity index (χ1n) is 8.13. The molecule has 126 valence electrons. The molecule has 0 bridgehead atoms. The zero-order valence-electron chi connectivity index (χ0n) is 13.7.